The van der Waals surface area contributed by atoms with Crippen molar-refractivity contribution < 1.29 is 0 Å². The van der Waals surface area contributed by atoms with Crippen molar-refractivity contribution in [3.05, 3.63) is 60.7 Å². The Kier molecular flexibility index (Phi) is 3.62. The third-order valence-electron chi connectivity index (χ3n) is 2.36. The Labute approximate surface area is 103 Å². The lowest BCUT2D eigenvalue weighted by atomic mass is 10.4. The van der Waals surface area contributed by atoms with Gasteiger partial charge in [0.2, 0.25) is 0 Å². The lowest BCUT2D eigenvalue weighted by Crippen LogP contribution is -1.90. The van der Waals surface area contributed by atoms with E-state index < -0.39 is 9.06 Å². The van der Waals surface area contributed by atoms with Crippen molar-refractivity contribution in [2.45, 2.75) is 9.79 Å². The molecule has 0 amide bonds. The standard InChI is InChI=1S/C14H16S2/c1-16(2,14-11-7-4-8-12-14)15-13-9-5-3-6-10-13/h3-12H,1-2H3. The molecule has 2 heteroatoms. The molecule has 0 spiro atoms. The normalized spacial score (nSPS) is 12.4. The maximum atomic E-state index is 2.35. The van der Waals surface area contributed by atoms with Crippen LogP contribution in [-0.2, 0) is 0 Å². The molecule has 0 aromatic heterocycles. The van der Waals surface area contributed by atoms with Gasteiger partial charge in [0.1, 0.15) is 0 Å². The zero-order valence-electron chi connectivity index (χ0n) is 9.59. The van der Waals surface area contributed by atoms with Crippen LogP contribution in [0.2, 0.25) is 0 Å². The van der Waals surface area contributed by atoms with Crippen molar-refractivity contribution in [3.8, 4) is 0 Å². The minimum absolute atomic E-state index is 0.797. The van der Waals surface area contributed by atoms with Crippen molar-refractivity contribution in [3.63, 3.8) is 0 Å². The maximum absolute atomic E-state index is 2.35. The van der Waals surface area contributed by atoms with Crippen molar-refractivity contribution in [2.24, 2.45) is 0 Å². The zero-order chi connectivity index (χ0) is 11.4. The maximum Gasteiger partial charge on any atom is 0.0170 e. The van der Waals surface area contributed by atoms with Crippen LogP contribution in [0.25, 0.3) is 0 Å². The summed E-state index contributed by atoms with van der Waals surface area (Å²) in [6.45, 7) is 0. The van der Waals surface area contributed by atoms with Crippen LogP contribution in [0.5, 0.6) is 0 Å². The monoisotopic (exact) mass is 248 g/mol. The highest BCUT2D eigenvalue weighted by Crippen LogP contribution is 2.62. The van der Waals surface area contributed by atoms with Gasteiger partial charge in [-0.15, -0.1) is 0 Å². The highest BCUT2D eigenvalue weighted by atomic mass is 33.2. The Morgan fingerprint density at radius 1 is 0.750 bits per heavy atom. The molecule has 0 unspecified atom stereocenters. The van der Waals surface area contributed by atoms with Gasteiger partial charge in [0, 0.05) is 4.90 Å². The first-order valence-corrected chi connectivity index (χ1v) is 9.00. The SMILES string of the molecule is CS(C)(Sc1ccccc1)c1ccccc1. The van der Waals surface area contributed by atoms with E-state index >= 15 is 0 Å². The molecular formula is C14H16S2. The molecular weight excluding hydrogens is 232 g/mol. The number of benzene rings is 2. The summed E-state index contributed by atoms with van der Waals surface area (Å²) in [5.74, 6) is 0. The fraction of sp³-hybridized carbons (Fsp3) is 0.143. The van der Waals surface area contributed by atoms with E-state index in [2.05, 4.69) is 73.2 Å². The second kappa shape index (κ2) is 4.98. The van der Waals surface area contributed by atoms with Gasteiger partial charge in [-0.05, 0) is 41.7 Å². The highest BCUT2D eigenvalue weighted by Gasteiger charge is 2.15. The first-order valence-electron chi connectivity index (χ1n) is 5.21. The number of hydrogen-bond donors (Lipinski definition) is 0. The molecule has 16 heavy (non-hydrogen) atoms. The summed E-state index contributed by atoms with van der Waals surface area (Å²) in [6.07, 6.45) is 4.69. The largest absolute Gasteiger partial charge is 0.167 e. The number of hydrogen-bond acceptors (Lipinski definition) is 1. The third kappa shape index (κ3) is 2.83. The van der Waals surface area contributed by atoms with E-state index in [0.29, 0.717) is 0 Å². The molecule has 0 saturated carbocycles. The van der Waals surface area contributed by atoms with E-state index in [1.807, 2.05) is 10.8 Å². The van der Waals surface area contributed by atoms with E-state index in [4.69, 9.17) is 0 Å². The molecule has 2 aromatic rings. The van der Waals surface area contributed by atoms with E-state index in [0.717, 1.165) is 0 Å². The smallest absolute Gasteiger partial charge is 0.0170 e. The highest BCUT2D eigenvalue weighted by molar-refractivity contribution is 8.93. The summed E-state index contributed by atoms with van der Waals surface area (Å²) in [4.78, 5) is 2.80. The molecule has 0 N–H and O–H groups in total. The predicted octanol–water partition coefficient (Wildman–Crippen LogP) is 4.82. The molecule has 2 aromatic carbocycles. The molecule has 0 saturated heterocycles. The Bertz CT molecular complexity index is 435. The first kappa shape index (κ1) is 11.6. The van der Waals surface area contributed by atoms with Crippen molar-refractivity contribution >= 4 is 19.9 Å². The van der Waals surface area contributed by atoms with Crippen molar-refractivity contribution in [1.29, 1.82) is 0 Å². The van der Waals surface area contributed by atoms with Gasteiger partial charge in [0.05, 0.1) is 0 Å². The van der Waals surface area contributed by atoms with Gasteiger partial charge in [-0.2, -0.15) is 9.06 Å². The summed E-state index contributed by atoms with van der Waals surface area (Å²) in [5, 5.41) is 0. The Morgan fingerprint density at radius 3 is 1.81 bits per heavy atom. The second-order valence-corrected chi connectivity index (χ2v) is 10.5. The van der Waals surface area contributed by atoms with Gasteiger partial charge in [0.15, 0.2) is 0 Å². The Morgan fingerprint density at radius 2 is 1.25 bits per heavy atom. The van der Waals surface area contributed by atoms with Crippen LogP contribution >= 0.6 is 19.9 Å². The second-order valence-electron chi connectivity index (χ2n) is 3.94. The topological polar surface area (TPSA) is 0 Å². The van der Waals surface area contributed by atoms with E-state index in [-0.39, 0.29) is 0 Å². The Balaban J connectivity index is 2.21. The van der Waals surface area contributed by atoms with Crippen molar-refractivity contribution in [2.75, 3.05) is 12.5 Å². The molecule has 0 aliphatic carbocycles. The van der Waals surface area contributed by atoms with Crippen LogP contribution in [0.1, 0.15) is 0 Å². The first-order chi connectivity index (χ1) is 7.68. The molecule has 0 aliphatic rings. The van der Waals surface area contributed by atoms with Crippen LogP contribution in [0.15, 0.2) is 70.5 Å². The Hall–Kier alpha value is -0.860. The van der Waals surface area contributed by atoms with E-state index in [1.165, 1.54) is 9.79 Å². The van der Waals surface area contributed by atoms with Gasteiger partial charge < -0.3 is 0 Å². The lowest BCUT2D eigenvalue weighted by Gasteiger charge is -2.30. The summed E-state index contributed by atoms with van der Waals surface area (Å²) in [6, 6.07) is 21.4. The summed E-state index contributed by atoms with van der Waals surface area (Å²) >= 11 is 0. The van der Waals surface area contributed by atoms with Gasteiger partial charge in [0.25, 0.3) is 0 Å². The summed E-state index contributed by atoms with van der Waals surface area (Å²) < 4.78 is 0. The molecule has 0 atom stereocenters. The van der Waals surface area contributed by atoms with Crippen molar-refractivity contribution in [1.82, 2.24) is 0 Å². The quantitative estimate of drug-likeness (QED) is 0.702. The average molecular weight is 248 g/mol. The zero-order valence-corrected chi connectivity index (χ0v) is 11.2. The van der Waals surface area contributed by atoms with Crippen LogP contribution in [-0.4, -0.2) is 12.5 Å². The minimum atomic E-state index is -0.797. The summed E-state index contributed by atoms with van der Waals surface area (Å²) in [7, 11) is 1.19. The predicted molar refractivity (Wildman–Crippen MR) is 76.4 cm³/mol. The van der Waals surface area contributed by atoms with Crippen LogP contribution in [0.4, 0.5) is 0 Å². The molecule has 2 rings (SSSR count). The number of rotatable bonds is 3. The van der Waals surface area contributed by atoms with Gasteiger partial charge in [-0.1, -0.05) is 47.2 Å². The third-order valence-corrected chi connectivity index (χ3v) is 7.05. The molecule has 0 bridgehead atoms. The molecule has 84 valence electrons. The molecule has 0 fully saturated rings. The van der Waals surface area contributed by atoms with Crippen LogP contribution in [0, 0.1) is 0 Å². The van der Waals surface area contributed by atoms with Gasteiger partial charge in [-0.3, -0.25) is 0 Å². The fourth-order valence-electron chi connectivity index (χ4n) is 1.51. The minimum Gasteiger partial charge on any atom is -0.167 e. The summed E-state index contributed by atoms with van der Waals surface area (Å²) in [5.41, 5.74) is 0. The van der Waals surface area contributed by atoms with E-state index in [9.17, 15) is 0 Å². The average Bonchev–Trinajstić information content (AvgIpc) is 2.31. The molecule has 0 aliphatic heterocycles. The lowest BCUT2D eigenvalue weighted by molar-refractivity contribution is 1.45. The van der Waals surface area contributed by atoms with Crippen LogP contribution < -0.4 is 0 Å². The van der Waals surface area contributed by atoms with Crippen LogP contribution in [0.3, 0.4) is 0 Å². The fourth-order valence-corrected chi connectivity index (χ4v) is 5.57. The van der Waals surface area contributed by atoms with Gasteiger partial charge in [-0.25, -0.2) is 0 Å². The molecule has 0 nitrogen and oxygen atoms in total. The van der Waals surface area contributed by atoms with E-state index in [1.54, 1.807) is 0 Å². The molecule has 0 radical (unpaired) electrons. The van der Waals surface area contributed by atoms with Gasteiger partial charge >= 0.3 is 0 Å². The molecule has 0 heterocycles.